The number of carbonyl (C=O) groups is 2. The minimum absolute atomic E-state index is 0.0847. The number of sulfonamides is 1. The Morgan fingerprint density at radius 3 is 2.24 bits per heavy atom. The van der Waals surface area contributed by atoms with Crippen LogP contribution in [0.4, 0.5) is 5.69 Å². The zero-order valence-corrected chi connectivity index (χ0v) is 22.1. The highest BCUT2D eigenvalue weighted by molar-refractivity contribution is 9.10. The standard InChI is InChI=1S/C24H32BrN3O4S/c1-6-22(24(30)26-17(2)3)27(15-19-10-8-7-9-11-19)23(29)16-28(33(5,31)32)20-12-13-21(25)18(4)14-20/h7-14,17,22H,6,15-16H2,1-5H3,(H,26,30)/t22-/m1/s1. The van der Waals surface area contributed by atoms with E-state index in [0.717, 1.165) is 26.2 Å². The van der Waals surface area contributed by atoms with Gasteiger partial charge in [-0.1, -0.05) is 53.2 Å². The highest BCUT2D eigenvalue weighted by Gasteiger charge is 2.32. The molecule has 0 aliphatic rings. The molecule has 2 aromatic carbocycles. The molecule has 2 aromatic rings. The van der Waals surface area contributed by atoms with Gasteiger partial charge in [0.15, 0.2) is 0 Å². The molecule has 0 saturated carbocycles. The zero-order valence-electron chi connectivity index (χ0n) is 19.7. The summed E-state index contributed by atoms with van der Waals surface area (Å²) in [6.07, 6.45) is 1.47. The average Bonchev–Trinajstić information content (AvgIpc) is 2.73. The summed E-state index contributed by atoms with van der Waals surface area (Å²) >= 11 is 3.42. The number of hydrogen-bond donors (Lipinski definition) is 1. The van der Waals surface area contributed by atoms with Gasteiger partial charge in [-0.05, 0) is 56.5 Å². The molecule has 2 amide bonds. The molecule has 33 heavy (non-hydrogen) atoms. The molecule has 0 aromatic heterocycles. The van der Waals surface area contributed by atoms with Crippen molar-refractivity contribution in [1.82, 2.24) is 10.2 Å². The molecule has 0 unspecified atom stereocenters. The lowest BCUT2D eigenvalue weighted by Crippen LogP contribution is -2.53. The van der Waals surface area contributed by atoms with Crippen molar-refractivity contribution in [2.45, 2.75) is 52.7 Å². The second-order valence-corrected chi connectivity index (χ2v) is 11.1. The van der Waals surface area contributed by atoms with Gasteiger partial charge in [0.2, 0.25) is 21.8 Å². The molecule has 180 valence electrons. The van der Waals surface area contributed by atoms with Crippen molar-refractivity contribution in [3.63, 3.8) is 0 Å². The van der Waals surface area contributed by atoms with Crippen LogP contribution < -0.4 is 9.62 Å². The van der Waals surface area contributed by atoms with Gasteiger partial charge in [-0.3, -0.25) is 13.9 Å². The first kappa shape index (κ1) is 26.9. The lowest BCUT2D eigenvalue weighted by molar-refractivity contribution is -0.140. The predicted octanol–water partition coefficient (Wildman–Crippen LogP) is 3.86. The Bertz CT molecular complexity index is 1070. The second kappa shape index (κ2) is 11.7. The monoisotopic (exact) mass is 537 g/mol. The second-order valence-electron chi connectivity index (χ2n) is 8.30. The molecule has 0 radical (unpaired) electrons. The van der Waals surface area contributed by atoms with Crippen LogP contribution in [0.5, 0.6) is 0 Å². The maximum Gasteiger partial charge on any atom is 0.244 e. The van der Waals surface area contributed by atoms with E-state index in [1.807, 2.05) is 58.0 Å². The van der Waals surface area contributed by atoms with Crippen LogP contribution in [0.15, 0.2) is 53.0 Å². The van der Waals surface area contributed by atoms with Gasteiger partial charge in [0.25, 0.3) is 0 Å². The first-order valence-electron chi connectivity index (χ1n) is 10.8. The lowest BCUT2D eigenvalue weighted by atomic mass is 10.1. The van der Waals surface area contributed by atoms with Gasteiger partial charge < -0.3 is 10.2 Å². The van der Waals surface area contributed by atoms with Crippen LogP contribution in [0.25, 0.3) is 0 Å². The van der Waals surface area contributed by atoms with Crippen LogP contribution in [0.3, 0.4) is 0 Å². The van der Waals surface area contributed by atoms with Gasteiger partial charge in [-0.15, -0.1) is 0 Å². The van der Waals surface area contributed by atoms with Crippen LogP contribution in [0.2, 0.25) is 0 Å². The van der Waals surface area contributed by atoms with Crippen molar-refractivity contribution in [2.24, 2.45) is 0 Å². The Hall–Kier alpha value is -2.39. The molecular weight excluding hydrogens is 506 g/mol. The fourth-order valence-corrected chi connectivity index (χ4v) is 4.57. The van der Waals surface area contributed by atoms with E-state index in [-0.39, 0.29) is 18.5 Å². The number of aryl methyl sites for hydroxylation is 1. The molecule has 1 N–H and O–H groups in total. The Morgan fingerprint density at radius 1 is 1.09 bits per heavy atom. The van der Waals surface area contributed by atoms with Crippen LogP contribution in [0.1, 0.15) is 38.3 Å². The van der Waals surface area contributed by atoms with Gasteiger partial charge in [0.1, 0.15) is 12.6 Å². The number of carbonyl (C=O) groups excluding carboxylic acids is 2. The van der Waals surface area contributed by atoms with Gasteiger partial charge in [-0.2, -0.15) is 0 Å². The van der Waals surface area contributed by atoms with Gasteiger partial charge in [0, 0.05) is 17.1 Å². The number of amides is 2. The highest BCUT2D eigenvalue weighted by atomic mass is 79.9. The molecule has 0 aliphatic heterocycles. The van der Waals surface area contributed by atoms with Crippen molar-refractivity contribution < 1.29 is 18.0 Å². The summed E-state index contributed by atoms with van der Waals surface area (Å²) in [5.41, 5.74) is 2.09. The number of anilines is 1. The molecule has 0 saturated heterocycles. The number of hydrogen-bond acceptors (Lipinski definition) is 4. The fraction of sp³-hybridized carbons (Fsp3) is 0.417. The van der Waals surface area contributed by atoms with Gasteiger partial charge >= 0.3 is 0 Å². The third-order valence-electron chi connectivity index (χ3n) is 5.12. The summed E-state index contributed by atoms with van der Waals surface area (Å²) in [4.78, 5) is 27.9. The maximum atomic E-state index is 13.6. The molecule has 7 nitrogen and oxygen atoms in total. The van der Waals surface area contributed by atoms with E-state index in [4.69, 9.17) is 0 Å². The smallest absolute Gasteiger partial charge is 0.244 e. The number of nitrogens with zero attached hydrogens (tertiary/aromatic N) is 2. The highest BCUT2D eigenvalue weighted by Crippen LogP contribution is 2.25. The van der Waals surface area contributed by atoms with Crippen molar-refractivity contribution in [3.8, 4) is 0 Å². The Balaban J connectivity index is 2.43. The largest absolute Gasteiger partial charge is 0.352 e. The predicted molar refractivity (Wildman–Crippen MR) is 135 cm³/mol. The molecule has 0 fully saturated rings. The van der Waals surface area contributed by atoms with Crippen LogP contribution in [-0.4, -0.2) is 50.0 Å². The number of nitrogens with one attached hydrogen (secondary N) is 1. The third kappa shape index (κ3) is 7.57. The minimum atomic E-state index is -3.75. The van der Waals surface area contributed by atoms with E-state index < -0.39 is 28.5 Å². The van der Waals surface area contributed by atoms with Crippen molar-refractivity contribution in [2.75, 3.05) is 17.1 Å². The summed E-state index contributed by atoms with van der Waals surface area (Å²) < 4.78 is 27.2. The summed E-state index contributed by atoms with van der Waals surface area (Å²) in [5.74, 6) is -0.710. The molecule has 2 rings (SSSR count). The van der Waals surface area contributed by atoms with Crippen molar-refractivity contribution >= 4 is 43.5 Å². The summed E-state index contributed by atoms with van der Waals surface area (Å²) in [6, 6.07) is 13.6. The molecule has 9 heteroatoms. The zero-order chi connectivity index (χ0) is 24.8. The molecule has 0 bridgehead atoms. The third-order valence-corrected chi connectivity index (χ3v) is 7.15. The van der Waals surface area contributed by atoms with Gasteiger partial charge in [0.05, 0.1) is 11.9 Å². The van der Waals surface area contributed by atoms with E-state index in [9.17, 15) is 18.0 Å². The van der Waals surface area contributed by atoms with Gasteiger partial charge in [-0.25, -0.2) is 8.42 Å². The van der Waals surface area contributed by atoms with E-state index in [0.29, 0.717) is 12.1 Å². The number of rotatable bonds is 10. The maximum absolute atomic E-state index is 13.6. The summed E-state index contributed by atoms with van der Waals surface area (Å²) in [7, 11) is -3.75. The SMILES string of the molecule is CC[C@H](C(=O)NC(C)C)N(Cc1ccccc1)C(=O)CN(c1ccc(Br)c(C)c1)S(C)(=O)=O. The van der Waals surface area contributed by atoms with Crippen LogP contribution in [0, 0.1) is 6.92 Å². The lowest BCUT2D eigenvalue weighted by Gasteiger charge is -2.33. The average molecular weight is 539 g/mol. The Kier molecular flexibility index (Phi) is 9.48. The van der Waals surface area contributed by atoms with Crippen LogP contribution >= 0.6 is 15.9 Å². The van der Waals surface area contributed by atoms with E-state index in [2.05, 4.69) is 21.2 Å². The molecular formula is C24H32BrN3O4S. The molecule has 0 spiro atoms. The van der Waals surface area contributed by atoms with Crippen molar-refractivity contribution in [1.29, 1.82) is 0 Å². The Morgan fingerprint density at radius 2 is 1.73 bits per heavy atom. The normalized spacial score (nSPS) is 12.3. The first-order valence-corrected chi connectivity index (χ1v) is 13.5. The Labute approximate surface area is 205 Å². The van der Waals surface area contributed by atoms with E-state index >= 15 is 0 Å². The molecule has 1 atom stereocenters. The molecule has 0 aliphatic carbocycles. The first-order chi connectivity index (χ1) is 15.4. The minimum Gasteiger partial charge on any atom is -0.352 e. The van der Waals surface area contributed by atoms with E-state index in [1.54, 1.807) is 18.2 Å². The number of benzene rings is 2. The topological polar surface area (TPSA) is 86.8 Å². The van der Waals surface area contributed by atoms with Crippen LogP contribution in [-0.2, 0) is 26.2 Å². The number of halogens is 1. The van der Waals surface area contributed by atoms with Crippen molar-refractivity contribution in [3.05, 3.63) is 64.1 Å². The summed E-state index contributed by atoms with van der Waals surface area (Å²) in [6.45, 7) is 7.19. The quantitative estimate of drug-likeness (QED) is 0.498. The molecule has 0 heterocycles. The fourth-order valence-electron chi connectivity index (χ4n) is 3.48. The van der Waals surface area contributed by atoms with E-state index in [1.165, 1.54) is 4.90 Å². The summed E-state index contributed by atoms with van der Waals surface area (Å²) in [5, 5.41) is 2.87.